The van der Waals surface area contributed by atoms with E-state index in [9.17, 15) is 0 Å². The monoisotopic (exact) mass is 283 g/mol. The maximum Gasteiger partial charge on any atom is 0.141 e. The van der Waals surface area contributed by atoms with Crippen molar-refractivity contribution in [2.45, 2.75) is 18.9 Å². The van der Waals surface area contributed by atoms with Gasteiger partial charge in [-0.3, -0.25) is 0 Å². The number of halogens is 1. The molecule has 0 radical (unpaired) electrons. The van der Waals surface area contributed by atoms with Crippen molar-refractivity contribution >= 4 is 28.3 Å². The highest BCUT2D eigenvalue weighted by atomic mass is 35.5. The molecule has 1 saturated carbocycles. The van der Waals surface area contributed by atoms with Crippen molar-refractivity contribution in [1.82, 2.24) is 9.55 Å². The highest BCUT2D eigenvalue weighted by Gasteiger charge is 2.28. The van der Waals surface area contributed by atoms with Crippen molar-refractivity contribution in [3.63, 3.8) is 0 Å². The molecule has 0 spiro atoms. The van der Waals surface area contributed by atoms with Gasteiger partial charge in [-0.15, -0.1) is 0 Å². The summed E-state index contributed by atoms with van der Waals surface area (Å²) in [5, 5.41) is 0.753. The van der Waals surface area contributed by atoms with Crippen LogP contribution in [0.3, 0.4) is 0 Å². The van der Waals surface area contributed by atoms with E-state index in [1.54, 1.807) is 0 Å². The summed E-state index contributed by atoms with van der Waals surface area (Å²) in [7, 11) is 0. The minimum Gasteiger partial charge on any atom is -0.399 e. The van der Waals surface area contributed by atoms with Crippen molar-refractivity contribution in [2.75, 3.05) is 5.73 Å². The molecule has 1 aliphatic carbocycles. The van der Waals surface area contributed by atoms with Gasteiger partial charge >= 0.3 is 0 Å². The lowest BCUT2D eigenvalue weighted by Crippen LogP contribution is -1.97. The molecule has 100 valence electrons. The summed E-state index contributed by atoms with van der Waals surface area (Å²) < 4.78 is 2.31. The van der Waals surface area contributed by atoms with Crippen LogP contribution < -0.4 is 5.73 Å². The highest BCUT2D eigenvalue weighted by Crippen LogP contribution is 2.41. The summed E-state index contributed by atoms with van der Waals surface area (Å²) in [6.45, 7) is 0. The first-order valence-corrected chi connectivity index (χ1v) is 7.13. The fourth-order valence-electron chi connectivity index (χ4n) is 2.60. The average molecular weight is 284 g/mol. The fourth-order valence-corrected chi connectivity index (χ4v) is 2.77. The summed E-state index contributed by atoms with van der Waals surface area (Å²) >= 11 is 6.13. The smallest absolute Gasteiger partial charge is 0.141 e. The molecular weight excluding hydrogens is 270 g/mol. The Kier molecular flexibility index (Phi) is 2.51. The van der Waals surface area contributed by atoms with E-state index < -0.39 is 0 Å². The van der Waals surface area contributed by atoms with Gasteiger partial charge < -0.3 is 10.3 Å². The third-order valence-electron chi connectivity index (χ3n) is 3.73. The summed E-state index contributed by atoms with van der Waals surface area (Å²) in [4.78, 5) is 4.78. The van der Waals surface area contributed by atoms with Gasteiger partial charge in [0.1, 0.15) is 5.82 Å². The summed E-state index contributed by atoms with van der Waals surface area (Å²) in [5.74, 6) is 1.00. The van der Waals surface area contributed by atoms with Crippen LogP contribution in [0, 0.1) is 0 Å². The molecule has 1 aliphatic rings. The van der Waals surface area contributed by atoms with E-state index in [2.05, 4.69) is 4.57 Å². The highest BCUT2D eigenvalue weighted by molar-refractivity contribution is 6.31. The number of rotatable bonds is 2. The zero-order valence-electron chi connectivity index (χ0n) is 10.9. The molecule has 0 unspecified atom stereocenters. The Morgan fingerprint density at radius 1 is 1.10 bits per heavy atom. The van der Waals surface area contributed by atoms with Gasteiger partial charge in [0.2, 0.25) is 0 Å². The first kappa shape index (κ1) is 11.8. The number of nitrogens with zero attached hydrogens (tertiary/aromatic N) is 2. The lowest BCUT2D eigenvalue weighted by atomic mass is 10.2. The number of imidazole rings is 1. The van der Waals surface area contributed by atoms with Crippen LogP contribution in [0.15, 0.2) is 42.5 Å². The third-order valence-corrected chi connectivity index (χ3v) is 3.97. The normalized spacial score (nSPS) is 14.8. The SMILES string of the molecule is Nc1ccc(-c2nc3ccc(Cl)cc3n2C2CC2)cc1. The molecule has 1 heterocycles. The van der Waals surface area contributed by atoms with Crippen LogP contribution in [-0.2, 0) is 0 Å². The van der Waals surface area contributed by atoms with E-state index in [4.69, 9.17) is 22.3 Å². The van der Waals surface area contributed by atoms with Gasteiger partial charge in [-0.1, -0.05) is 11.6 Å². The molecule has 3 nitrogen and oxygen atoms in total. The van der Waals surface area contributed by atoms with Gasteiger partial charge in [-0.05, 0) is 55.3 Å². The fraction of sp³-hybridized carbons (Fsp3) is 0.188. The predicted octanol–water partition coefficient (Wildman–Crippen LogP) is 4.27. The van der Waals surface area contributed by atoms with Crippen molar-refractivity contribution in [3.05, 3.63) is 47.5 Å². The zero-order valence-corrected chi connectivity index (χ0v) is 11.6. The van der Waals surface area contributed by atoms with Gasteiger partial charge in [-0.25, -0.2) is 4.98 Å². The van der Waals surface area contributed by atoms with Crippen LogP contribution in [0.25, 0.3) is 22.4 Å². The Morgan fingerprint density at radius 3 is 2.55 bits per heavy atom. The number of aromatic nitrogens is 2. The van der Waals surface area contributed by atoms with Gasteiger partial charge in [0, 0.05) is 22.3 Å². The van der Waals surface area contributed by atoms with Crippen molar-refractivity contribution in [3.8, 4) is 11.4 Å². The van der Waals surface area contributed by atoms with Crippen LogP contribution in [0.5, 0.6) is 0 Å². The molecular formula is C16H14ClN3. The van der Waals surface area contributed by atoms with Crippen molar-refractivity contribution < 1.29 is 0 Å². The van der Waals surface area contributed by atoms with E-state index in [0.717, 1.165) is 33.1 Å². The number of benzene rings is 2. The van der Waals surface area contributed by atoms with Crippen LogP contribution >= 0.6 is 11.6 Å². The van der Waals surface area contributed by atoms with Gasteiger partial charge in [0.05, 0.1) is 11.0 Å². The minimum absolute atomic E-state index is 0.547. The molecule has 0 atom stereocenters. The molecule has 0 aliphatic heterocycles. The number of hydrogen-bond donors (Lipinski definition) is 1. The quantitative estimate of drug-likeness (QED) is 0.714. The predicted molar refractivity (Wildman–Crippen MR) is 82.9 cm³/mol. The minimum atomic E-state index is 0.547. The Labute approximate surface area is 122 Å². The number of fused-ring (bicyclic) bond motifs is 1. The molecule has 3 aromatic rings. The van der Waals surface area contributed by atoms with Crippen LogP contribution in [0.1, 0.15) is 18.9 Å². The largest absolute Gasteiger partial charge is 0.399 e. The maximum absolute atomic E-state index is 6.13. The van der Waals surface area contributed by atoms with Crippen LogP contribution in [-0.4, -0.2) is 9.55 Å². The second kappa shape index (κ2) is 4.25. The number of anilines is 1. The topological polar surface area (TPSA) is 43.8 Å². The van der Waals surface area contributed by atoms with E-state index in [1.807, 2.05) is 42.5 Å². The summed E-state index contributed by atoms with van der Waals surface area (Å²) in [6.07, 6.45) is 2.42. The third kappa shape index (κ3) is 1.86. The van der Waals surface area contributed by atoms with E-state index in [-0.39, 0.29) is 0 Å². The maximum atomic E-state index is 6.13. The van der Waals surface area contributed by atoms with E-state index in [1.165, 1.54) is 12.8 Å². The second-order valence-electron chi connectivity index (χ2n) is 5.29. The molecule has 1 fully saturated rings. The molecule has 2 aromatic carbocycles. The molecule has 2 N–H and O–H groups in total. The number of hydrogen-bond acceptors (Lipinski definition) is 2. The number of nitrogen functional groups attached to an aromatic ring is 1. The lowest BCUT2D eigenvalue weighted by Gasteiger charge is -2.08. The first-order valence-electron chi connectivity index (χ1n) is 6.76. The molecule has 1 aromatic heterocycles. The molecule has 20 heavy (non-hydrogen) atoms. The Balaban J connectivity index is 1.98. The zero-order chi connectivity index (χ0) is 13.7. The van der Waals surface area contributed by atoms with Crippen LogP contribution in [0.2, 0.25) is 5.02 Å². The van der Waals surface area contributed by atoms with E-state index in [0.29, 0.717) is 6.04 Å². The van der Waals surface area contributed by atoms with Gasteiger partial charge in [0.25, 0.3) is 0 Å². The molecule has 4 heteroatoms. The average Bonchev–Trinajstić information content (AvgIpc) is 3.21. The van der Waals surface area contributed by atoms with Crippen LogP contribution in [0.4, 0.5) is 5.69 Å². The van der Waals surface area contributed by atoms with Crippen molar-refractivity contribution in [1.29, 1.82) is 0 Å². The number of nitrogens with two attached hydrogens (primary N) is 1. The first-order chi connectivity index (χ1) is 9.72. The molecule has 4 rings (SSSR count). The Bertz CT molecular complexity index is 785. The van der Waals surface area contributed by atoms with Gasteiger partial charge in [0.15, 0.2) is 0 Å². The Hall–Kier alpha value is -2.00. The van der Waals surface area contributed by atoms with E-state index >= 15 is 0 Å². The standard InChI is InChI=1S/C16H14ClN3/c17-11-3-8-14-15(9-11)20(13-6-7-13)16(19-14)10-1-4-12(18)5-2-10/h1-5,8-9,13H,6-7,18H2. The summed E-state index contributed by atoms with van der Waals surface area (Å²) in [5.41, 5.74) is 9.74. The molecule has 0 saturated heterocycles. The Morgan fingerprint density at radius 2 is 1.85 bits per heavy atom. The summed E-state index contributed by atoms with van der Waals surface area (Å²) in [6, 6.07) is 14.3. The van der Waals surface area contributed by atoms with Gasteiger partial charge in [-0.2, -0.15) is 0 Å². The van der Waals surface area contributed by atoms with Crippen molar-refractivity contribution in [2.24, 2.45) is 0 Å². The molecule has 0 bridgehead atoms. The lowest BCUT2D eigenvalue weighted by molar-refractivity contribution is 0.775. The second-order valence-corrected chi connectivity index (χ2v) is 5.73. The molecule has 0 amide bonds.